The molecule has 0 aromatic carbocycles. The zero-order chi connectivity index (χ0) is 6.85. The third kappa shape index (κ3) is 1.21. The van der Waals surface area contributed by atoms with Crippen molar-refractivity contribution in [1.82, 2.24) is 3.59 Å². The summed E-state index contributed by atoms with van der Waals surface area (Å²) in [7, 11) is 0. The van der Waals surface area contributed by atoms with E-state index in [0.29, 0.717) is 5.56 Å². The maximum Gasteiger partial charge on any atom is 0.263 e. The van der Waals surface area contributed by atoms with E-state index in [9.17, 15) is 4.79 Å². The number of halogens is 1. The van der Waals surface area contributed by atoms with E-state index < -0.39 is 0 Å². The highest BCUT2D eigenvalue weighted by molar-refractivity contribution is 9.08. The van der Waals surface area contributed by atoms with Gasteiger partial charge >= 0.3 is 0 Å². The molecule has 1 rings (SSSR count). The molecule has 0 saturated heterocycles. The van der Waals surface area contributed by atoms with Gasteiger partial charge in [-0.3, -0.25) is 4.79 Å². The lowest BCUT2D eigenvalue weighted by molar-refractivity contribution is 1.15. The quantitative estimate of drug-likeness (QED) is 0.597. The highest BCUT2D eigenvalue weighted by Crippen LogP contribution is 1.90. The summed E-state index contributed by atoms with van der Waals surface area (Å²) in [5.41, 5.74) is 0.381. The molecule has 0 aliphatic rings. The van der Waals surface area contributed by atoms with Crippen molar-refractivity contribution in [2.24, 2.45) is 0 Å². The number of rotatable bonds is 0. The van der Waals surface area contributed by atoms with Gasteiger partial charge in [0.1, 0.15) is 0 Å². The fourth-order valence-electron chi connectivity index (χ4n) is 0.511. The van der Waals surface area contributed by atoms with Crippen LogP contribution in [0.4, 0.5) is 0 Å². The summed E-state index contributed by atoms with van der Waals surface area (Å²) >= 11 is 3.01. The molecule has 0 amide bonds. The highest BCUT2D eigenvalue weighted by Gasteiger charge is 1.91. The van der Waals surface area contributed by atoms with Crippen molar-refractivity contribution >= 4 is 16.1 Å². The zero-order valence-corrected chi connectivity index (χ0v) is 6.26. The van der Waals surface area contributed by atoms with Gasteiger partial charge in [0.05, 0.1) is 16.1 Å². The number of pyridine rings is 1. The maximum absolute atomic E-state index is 10.8. The molecule has 1 aromatic heterocycles. The first kappa shape index (κ1) is 6.55. The first-order valence-corrected chi connectivity index (χ1v) is 3.12. The molecule has 1 radical (unpaired) electrons. The normalized spacial score (nSPS) is 9.56. The van der Waals surface area contributed by atoms with Crippen molar-refractivity contribution in [2.75, 3.05) is 0 Å². The summed E-state index contributed by atoms with van der Waals surface area (Å²) in [5, 5.41) is 0. The molecule has 1 heterocycles. The minimum Gasteiger partial charge on any atom is -0.268 e. The van der Waals surface area contributed by atoms with Gasteiger partial charge in [0.25, 0.3) is 5.56 Å². The van der Waals surface area contributed by atoms with E-state index in [1.165, 1.54) is 3.59 Å². The molecule has 9 heavy (non-hydrogen) atoms. The molecule has 47 valence electrons. The van der Waals surface area contributed by atoms with Gasteiger partial charge in [-0.1, -0.05) is 6.07 Å². The van der Waals surface area contributed by atoms with Gasteiger partial charge in [0.2, 0.25) is 0 Å². The fourth-order valence-corrected chi connectivity index (χ4v) is 0.875. The van der Waals surface area contributed by atoms with Crippen LogP contribution in [0.5, 0.6) is 0 Å². The molecule has 0 fully saturated rings. The zero-order valence-electron chi connectivity index (χ0n) is 4.67. The number of nitrogens with zero attached hydrogens (tertiary/aromatic N) is 1. The van der Waals surface area contributed by atoms with Crippen LogP contribution in [0.15, 0.2) is 23.1 Å². The summed E-state index contributed by atoms with van der Waals surface area (Å²) in [6.45, 7) is 3.52. The SMILES string of the molecule is [CH2]c1cccn(Br)c1=O. The van der Waals surface area contributed by atoms with Gasteiger partial charge in [0.15, 0.2) is 0 Å². The van der Waals surface area contributed by atoms with Gasteiger partial charge in [0, 0.05) is 11.8 Å². The largest absolute Gasteiger partial charge is 0.268 e. The Labute approximate surface area is 61.5 Å². The average molecular weight is 187 g/mol. The standard InChI is InChI=1S/C6H5BrNO/c1-5-3-2-4-8(7)6(5)9/h2-4H,1H2. The van der Waals surface area contributed by atoms with E-state index in [1.54, 1.807) is 18.3 Å². The van der Waals surface area contributed by atoms with E-state index in [-0.39, 0.29) is 5.56 Å². The molecule has 0 spiro atoms. The van der Waals surface area contributed by atoms with E-state index in [1.807, 2.05) is 0 Å². The second-order valence-electron chi connectivity index (χ2n) is 1.65. The number of hydrogen-bond acceptors (Lipinski definition) is 1. The van der Waals surface area contributed by atoms with Crippen molar-refractivity contribution in [3.8, 4) is 0 Å². The lowest BCUT2D eigenvalue weighted by atomic mass is 10.3. The lowest BCUT2D eigenvalue weighted by Crippen LogP contribution is -2.12. The Balaban J connectivity index is 3.43. The van der Waals surface area contributed by atoms with Crippen LogP contribution in [-0.4, -0.2) is 3.59 Å². The van der Waals surface area contributed by atoms with E-state index in [4.69, 9.17) is 0 Å². The molecule has 0 aliphatic carbocycles. The summed E-state index contributed by atoms with van der Waals surface area (Å²) in [6.07, 6.45) is 1.62. The molecule has 0 N–H and O–H groups in total. The second-order valence-corrected chi connectivity index (χ2v) is 2.41. The third-order valence-corrected chi connectivity index (χ3v) is 1.54. The summed E-state index contributed by atoms with van der Waals surface area (Å²) in [4.78, 5) is 10.8. The first-order valence-electron chi connectivity index (χ1n) is 2.41. The fraction of sp³-hybridized carbons (Fsp3) is 0. The van der Waals surface area contributed by atoms with Crippen LogP contribution in [0, 0.1) is 6.92 Å². The Kier molecular flexibility index (Phi) is 1.71. The van der Waals surface area contributed by atoms with Crippen LogP contribution in [0.3, 0.4) is 0 Å². The van der Waals surface area contributed by atoms with Gasteiger partial charge in [-0.05, 0) is 13.0 Å². The van der Waals surface area contributed by atoms with Crippen LogP contribution in [0.2, 0.25) is 0 Å². The molecule has 1 aromatic rings. The predicted molar refractivity (Wildman–Crippen MR) is 39.5 cm³/mol. The third-order valence-electron chi connectivity index (χ3n) is 0.983. The van der Waals surface area contributed by atoms with Crippen LogP contribution >= 0.6 is 16.1 Å². The van der Waals surface area contributed by atoms with E-state index in [2.05, 4.69) is 23.1 Å². The molecule has 2 nitrogen and oxygen atoms in total. The summed E-state index contributed by atoms with van der Waals surface area (Å²) in [5.74, 6) is 0. The van der Waals surface area contributed by atoms with E-state index >= 15 is 0 Å². The van der Waals surface area contributed by atoms with Crippen LogP contribution in [-0.2, 0) is 0 Å². The molecular weight excluding hydrogens is 182 g/mol. The van der Waals surface area contributed by atoms with Crippen molar-refractivity contribution in [3.05, 3.63) is 41.2 Å². The molecule has 0 bridgehead atoms. The highest BCUT2D eigenvalue weighted by atomic mass is 79.9. The minimum atomic E-state index is -0.113. The topological polar surface area (TPSA) is 22.0 Å². The van der Waals surface area contributed by atoms with E-state index in [0.717, 1.165) is 0 Å². The second kappa shape index (κ2) is 2.35. The molecule has 0 unspecified atom stereocenters. The van der Waals surface area contributed by atoms with Gasteiger partial charge in [-0.2, -0.15) is 0 Å². The molecule has 0 saturated carbocycles. The Morgan fingerprint density at radius 3 is 2.78 bits per heavy atom. The average Bonchev–Trinajstić information content (AvgIpc) is 1.83. The molecule has 0 atom stereocenters. The number of hydrogen-bond donors (Lipinski definition) is 0. The molecular formula is C6H5BrNO. The Bertz CT molecular complexity index is 243. The van der Waals surface area contributed by atoms with Crippen LogP contribution in [0.25, 0.3) is 0 Å². The monoisotopic (exact) mass is 186 g/mol. The van der Waals surface area contributed by atoms with Gasteiger partial charge in [-0.15, -0.1) is 0 Å². The first-order chi connectivity index (χ1) is 4.22. The Hall–Kier alpha value is -0.570. The van der Waals surface area contributed by atoms with Crippen molar-refractivity contribution in [1.29, 1.82) is 0 Å². The molecule has 0 aliphatic heterocycles. The van der Waals surface area contributed by atoms with Crippen molar-refractivity contribution < 1.29 is 0 Å². The minimum absolute atomic E-state index is 0.113. The Morgan fingerprint density at radius 1 is 1.67 bits per heavy atom. The number of aromatic nitrogens is 1. The van der Waals surface area contributed by atoms with Gasteiger partial charge in [-0.25, -0.2) is 3.59 Å². The van der Waals surface area contributed by atoms with Crippen LogP contribution in [0.1, 0.15) is 5.56 Å². The smallest absolute Gasteiger partial charge is 0.263 e. The lowest BCUT2D eigenvalue weighted by Gasteiger charge is -1.92. The van der Waals surface area contributed by atoms with Crippen LogP contribution < -0.4 is 5.56 Å². The maximum atomic E-state index is 10.8. The predicted octanol–water partition coefficient (Wildman–Crippen LogP) is 1.19. The Morgan fingerprint density at radius 2 is 2.33 bits per heavy atom. The molecule has 3 heteroatoms. The van der Waals surface area contributed by atoms with Crippen molar-refractivity contribution in [3.63, 3.8) is 0 Å². The summed E-state index contributed by atoms with van der Waals surface area (Å²) in [6, 6.07) is 3.42. The summed E-state index contributed by atoms with van der Waals surface area (Å²) < 4.78 is 1.31. The van der Waals surface area contributed by atoms with Gasteiger partial charge < -0.3 is 0 Å². The van der Waals surface area contributed by atoms with Crippen molar-refractivity contribution in [2.45, 2.75) is 0 Å².